The Hall–Kier alpha value is -2.17. The van der Waals surface area contributed by atoms with E-state index in [1.165, 1.54) is 11.1 Å². The van der Waals surface area contributed by atoms with E-state index in [1.807, 2.05) is 43.3 Å². The molecule has 0 radical (unpaired) electrons. The van der Waals surface area contributed by atoms with E-state index in [-0.39, 0.29) is 11.8 Å². The van der Waals surface area contributed by atoms with Crippen LogP contribution in [0.5, 0.6) is 0 Å². The number of nitrogens with zero attached hydrogens (tertiary/aromatic N) is 2. The fourth-order valence-corrected chi connectivity index (χ4v) is 3.42. The van der Waals surface area contributed by atoms with E-state index >= 15 is 0 Å². The summed E-state index contributed by atoms with van der Waals surface area (Å²) in [6.45, 7) is 6.70. The lowest BCUT2D eigenvalue weighted by Gasteiger charge is -2.30. The Morgan fingerprint density at radius 3 is 2.37 bits per heavy atom. The average molecular weight is 384 g/mol. The number of halogens is 1. The molecule has 3 rings (SSSR count). The number of nitrogens with one attached hydrogen (secondary N) is 1. The van der Waals surface area contributed by atoms with Gasteiger partial charge in [0.05, 0.1) is 5.71 Å². The molecule has 0 spiro atoms. The zero-order valence-corrected chi connectivity index (χ0v) is 16.7. The second-order valence-corrected chi connectivity index (χ2v) is 7.65. The van der Waals surface area contributed by atoms with Crippen LogP contribution in [0.3, 0.4) is 0 Å². The lowest BCUT2D eigenvalue weighted by molar-refractivity contribution is -0.126. The summed E-state index contributed by atoms with van der Waals surface area (Å²) >= 11 is 5.94. The van der Waals surface area contributed by atoms with Crippen LogP contribution in [0.4, 0.5) is 0 Å². The minimum Gasteiger partial charge on any atom is -0.299 e. The lowest BCUT2D eigenvalue weighted by atomic mass is 9.96. The molecule has 0 saturated carbocycles. The van der Waals surface area contributed by atoms with Gasteiger partial charge in [0.25, 0.3) is 0 Å². The molecule has 27 heavy (non-hydrogen) atoms. The van der Waals surface area contributed by atoms with Gasteiger partial charge >= 0.3 is 0 Å². The van der Waals surface area contributed by atoms with Crippen molar-refractivity contribution in [2.24, 2.45) is 11.0 Å². The van der Waals surface area contributed by atoms with Gasteiger partial charge in [-0.1, -0.05) is 53.6 Å². The van der Waals surface area contributed by atoms with E-state index in [4.69, 9.17) is 11.6 Å². The standard InChI is InChI=1S/C22H26ClN3O/c1-16-3-7-19(8-4-16)17(2)24-25-22(27)20-11-13-26(14-12-20)15-18-5-9-21(23)10-6-18/h3-10,20H,11-15H2,1-2H3,(H,25,27). The number of amides is 1. The van der Waals surface area contributed by atoms with Gasteiger partial charge in [-0.25, -0.2) is 5.43 Å². The second kappa shape index (κ2) is 9.16. The van der Waals surface area contributed by atoms with E-state index in [1.54, 1.807) is 0 Å². The number of benzene rings is 2. The predicted octanol–water partition coefficient (Wildman–Crippen LogP) is 4.40. The van der Waals surface area contributed by atoms with Gasteiger partial charge in [-0.15, -0.1) is 0 Å². The molecule has 1 saturated heterocycles. The maximum atomic E-state index is 12.4. The number of hydrazone groups is 1. The third-order valence-electron chi connectivity index (χ3n) is 5.08. The van der Waals surface area contributed by atoms with Gasteiger partial charge in [0.15, 0.2) is 0 Å². The summed E-state index contributed by atoms with van der Waals surface area (Å²) in [4.78, 5) is 14.8. The topological polar surface area (TPSA) is 44.7 Å². The third-order valence-corrected chi connectivity index (χ3v) is 5.33. The molecule has 0 aromatic heterocycles. The summed E-state index contributed by atoms with van der Waals surface area (Å²) in [5.74, 6) is 0.0497. The SMILES string of the molecule is CC(=NNC(=O)C1CCN(Cc2ccc(Cl)cc2)CC1)c1ccc(C)cc1. The molecule has 1 heterocycles. The van der Waals surface area contributed by atoms with Crippen molar-refractivity contribution in [1.82, 2.24) is 10.3 Å². The zero-order chi connectivity index (χ0) is 19.2. The van der Waals surface area contributed by atoms with Gasteiger partial charge in [0.1, 0.15) is 0 Å². The number of hydrogen-bond acceptors (Lipinski definition) is 3. The molecule has 5 heteroatoms. The molecule has 2 aromatic rings. The van der Waals surface area contributed by atoms with Gasteiger partial charge < -0.3 is 0 Å². The summed E-state index contributed by atoms with van der Waals surface area (Å²) in [6.07, 6.45) is 1.72. The Kier molecular flexibility index (Phi) is 6.64. The predicted molar refractivity (Wildman–Crippen MR) is 111 cm³/mol. The molecule has 4 nitrogen and oxygen atoms in total. The molecule has 1 N–H and O–H groups in total. The molecule has 0 unspecified atom stereocenters. The fourth-order valence-electron chi connectivity index (χ4n) is 3.29. The summed E-state index contributed by atoms with van der Waals surface area (Å²) in [5, 5.41) is 5.05. The van der Waals surface area contributed by atoms with Crippen molar-refractivity contribution in [2.45, 2.75) is 33.2 Å². The Morgan fingerprint density at radius 2 is 1.74 bits per heavy atom. The maximum Gasteiger partial charge on any atom is 0.243 e. The van der Waals surface area contributed by atoms with E-state index in [9.17, 15) is 4.79 Å². The summed E-state index contributed by atoms with van der Waals surface area (Å²) in [6, 6.07) is 16.1. The Labute approximate surface area is 166 Å². The molecular formula is C22H26ClN3O. The smallest absolute Gasteiger partial charge is 0.243 e. The molecule has 1 fully saturated rings. The van der Waals surface area contributed by atoms with Crippen molar-refractivity contribution >= 4 is 23.2 Å². The van der Waals surface area contributed by atoms with Crippen molar-refractivity contribution in [3.63, 3.8) is 0 Å². The number of rotatable bonds is 5. The highest BCUT2D eigenvalue weighted by molar-refractivity contribution is 6.30. The molecule has 1 aliphatic rings. The number of carbonyl (C=O) groups is 1. The van der Waals surface area contributed by atoms with Crippen LogP contribution in [-0.2, 0) is 11.3 Å². The summed E-state index contributed by atoms with van der Waals surface area (Å²) < 4.78 is 0. The molecular weight excluding hydrogens is 358 g/mol. The first-order valence-corrected chi connectivity index (χ1v) is 9.77. The first-order chi connectivity index (χ1) is 13.0. The molecule has 0 atom stereocenters. The summed E-state index contributed by atoms with van der Waals surface area (Å²) in [7, 11) is 0. The van der Waals surface area contributed by atoms with Crippen LogP contribution in [0.2, 0.25) is 5.02 Å². The van der Waals surface area contributed by atoms with Gasteiger partial charge in [-0.05, 0) is 63.0 Å². The van der Waals surface area contributed by atoms with Crippen molar-refractivity contribution in [1.29, 1.82) is 0 Å². The fraction of sp³-hybridized carbons (Fsp3) is 0.364. The monoisotopic (exact) mass is 383 g/mol. The van der Waals surface area contributed by atoms with Crippen molar-refractivity contribution in [3.05, 3.63) is 70.2 Å². The Balaban J connectivity index is 1.47. The third kappa shape index (κ3) is 5.65. The van der Waals surface area contributed by atoms with Crippen molar-refractivity contribution < 1.29 is 4.79 Å². The zero-order valence-electron chi connectivity index (χ0n) is 15.9. The quantitative estimate of drug-likeness (QED) is 0.614. The van der Waals surface area contributed by atoms with Crippen LogP contribution in [0.15, 0.2) is 53.6 Å². The van der Waals surface area contributed by atoms with E-state index in [2.05, 4.69) is 34.5 Å². The molecule has 1 aliphatic heterocycles. The molecule has 0 aliphatic carbocycles. The normalized spacial score (nSPS) is 16.3. The maximum absolute atomic E-state index is 12.4. The minimum absolute atomic E-state index is 0.0209. The average Bonchev–Trinajstić information content (AvgIpc) is 2.69. The molecule has 1 amide bonds. The summed E-state index contributed by atoms with van der Waals surface area (Å²) in [5.41, 5.74) is 7.06. The lowest BCUT2D eigenvalue weighted by Crippen LogP contribution is -2.39. The van der Waals surface area contributed by atoms with Crippen LogP contribution in [0.25, 0.3) is 0 Å². The van der Waals surface area contributed by atoms with Gasteiger partial charge in [0, 0.05) is 17.5 Å². The van der Waals surface area contributed by atoms with Crippen LogP contribution < -0.4 is 5.43 Å². The molecule has 2 aromatic carbocycles. The first-order valence-electron chi connectivity index (χ1n) is 9.39. The van der Waals surface area contributed by atoms with Crippen LogP contribution in [-0.4, -0.2) is 29.6 Å². The van der Waals surface area contributed by atoms with Crippen molar-refractivity contribution in [2.75, 3.05) is 13.1 Å². The van der Waals surface area contributed by atoms with Crippen LogP contribution >= 0.6 is 11.6 Å². The van der Waals surface area contributed by atoms with Crippen LogP contribution in [0.1, 0.15) is 36.5 Å². The number of piperidine rings is 1. The van der Waals surface area contributed by atoms with Gasteiger partial charge in [-0.2, -0.15) is 5.10 Å². The molecule has 142 valence electrons. The minimum atomic E-state index is 0.0209. The van der Waals surface area contributed by atoms with Crippen LogP contribution in [0, 0.1) is 12.8 Å². The van der Waals surface area contributed by atoms with Crippen molar-refractivity contribution in [3.8, 4) is 0 Å². The number of carbonyl (C=O) groups excluding carboxylic acids is 1. The van der Waals surface area contributed by atoms with E-state index < -0.39 is 0 Å². The largest absolute Gasteiger partial charge is 0.299 e. The highest BCUT2D eigenvalue weighted by atomic mass is 35.5. The molecule has 0 bridgehead atoms. The first kappa shape index (κ1) is 19.6. The Morgan fingerprint density at radius 1 is 1.11 bits per heavy atom. The van der Waals surface area contributed by atoms with Gasteiger partial charge in [0.2, 0.25) is 5.91 Å². The van der Waals surface area contributed by atoms with Gasteiger partial charge in [-0.3, -0.25) is 9.69 Å². The number of aryl methyl sites for hydroxylation is 1. The highest BCUT2D eigenvalue weighted by Gasteiger charge is 2.24. The van der Waals surface area contributed by atoms with E-state index in [0.717, 1.165) is 48.8 Å². The number of hydrogen-bond donors (Lipinski definition) is 1. The highest BCUT2D eigenvalue weighted by Crippen LogP contribution is 2.20. The Bertz CT molecular complexity index is 791. The second-order valence-electron chi connectivity index (χ2n) is 7.22. The number of likely N-dealkylation sites (tertiary alicyclic amines) is 1. The van der Waals surface area contributed by atoms with E-state index in [0.29, 0.717) is 0 Å².